The molecule has 6 heteroatoms. The highest BCUT2D eigenvalue weighted by Gasteiger charge is 2.10. The molecule has 1 amide bonds. The molecule has 2 heterocycles. The van der Waals surface area contributed by atoms with E-state index in [0.29, 0.717) is 0 Å². The molecule has 4 nitrogen and oxygen atoms in total. The highest BCUT2D eigenvalue weighted by molar-refractivity contribution is 9.11. The topological polar surface area (TPSA) is 46.4 Å². The van der Waals surface area contributed by atoms with Gasteiger partial charge >= 0.3 is 0 Å². The molecule has 3 rings (SSSR count). The van der Waals surface area contributed by atoms with Gasteiger partial charge in [-0.2, -0.15) is 0 Å². The van der Waals surface area contributed by atoms with Gasteiger partial charge in [-0.25, -0.2) is 4.98 Å². The van der Waals surface area contributed by atoms with Gasteiger partial charge in [0.1, 0.15) is 0 Å². The summed E-state index contributed by atoms with van der Waals surface area (Å²) in [5.41, 5.74) is 3.43. The fourth-order valence-corrected chi connectivity index (χ4v) is 3.50. The largest absolute Gasteiger partial charge is 0.326 e. The van der Waals surface area contributed by atoms with Gasteiger partial charge < -0.3 is 9.72 Å². The van der Waals surface area contributed by atoms with E-state index in [0.717, 1.165) is 31.5 Å². The van der Waals surface area contributed by atoms with Crippen LogP contribution in [0, 0.1) is 5.92 Å². The lowest BCUT2D eigenvalue weighted by molar-refractivity contribution is -0.118. The predicted octanol–water partition coefficient (Wildman–Crippen LogP) is 5.12. The molecule has 0 bridgehead atoms. The Morgan fingerprint density at radius 3 is 2.74 bits per heavy atom. The summed E-state index contributed by atoms with van der Waals surface area (Å²) >= 11 is 7.00. The minimum Gasteiger partial charge on any atom is -0.326 e. The van der Waals surface area contributed by atoms with Gasteiger partial charge in [0.25, 0.3) is 0 Å². The van der Waals surface area contributed by atoms with E-state index in [1.807, 2.05) is 61.0 Å². The molecule has 0 radical (unpaired) electrons. The van der Waals surface area contributed by atoms with Gasteiger partial charge in [-0.05, 0) is 50.1 Å². The second-order valence-electron chi connectivity index (χ2n) is 5.59. The van der Waals surface area contributed by atoms with Crippen LogP contribution in [0.5, 0.6) is 0 Å². The zero-order valence-corrected chi connectivity index (χ0v) is 15.8. The summed E-state index contributed by atoms with van der Waals surface area (Å²) < 4.78 is 3.85. The van der Waals surface area contributed by atoms with Gasteiger partial charge in [0.05, 0.1) is 10.2 Å². The Balaban J connectivity index is 1.99. The molecule has 2 aromatic heterocycles. The summed E-state index contributed by atoms with van der Waals surface area (Å²) in [5.74, 6) is -0.0500. The number of hydrogen-bond donors (Lipinski definition) is 1. The number of carbonyl (C=O) groups is 1. The fourth-order valence-electron chi connectivity index (χ4n) is 2.21. The fraction of sp³-hybridized carbons (Fsp3) is 0.176. The molecule has 0 aliphatic carbocycles. The summed E-state index contributed by atoms with van der Waals surface area (Å²) in [5, 5.41) is 2.92. The van der Waals surface area contributed by atoms with Crippen molar-refractivity contribution < 1.29 is 4.79 Å². The number of amides is 1. The van der Waals surface area contributed by atoms with E-state index in [4.69, 9.17) is 0 Å². The van der Waals surface area contributed by atoms with Crippen LogP contribution in [-0.2, 0) is 4.79 Å². The normalized spacial score (nSPS) is 11.2. The maximum absolute atomic E-state index is 11.8. The number of anilines is 1. The first-order chi connectivity index (χ1) is 10.9. The SMILES string of the molecule is CC(C)C(=O)Nc1cccc(-c2cn3cc(Br)cc(Br)c3n2)c1. The average Bonchev–Trinajstić information content (AvgIpc) is 2.91. The van der Waals surface area contributed by atoms with Crippen LogP contribution in [0.15, 0.2) is 51.7 Å². The number of rotatable bonds is 3. The van der Waals surface area contributed by atoms with E-state index in [9.17, 15) is 4.79 Å². The molecule has 1 aromatic carbocycles. The molecule has 3 aromatic rings. The number of nitrogens with zero attached hydrogens (tertiary/aromatic N) is 2. The van der Waals surface area contributed by atoms with E-state index in [1.54, 1.807) is 0 Å². The molecule has 1 N–H and O–H groups in total. The summed E-state index contributed by atoms with van der Waals surface area (Å²) in [6, 6.07) is 9.68. The minimum atomic E-state index is -0.0536. The molecule has 0 spiro atoms. The van der Waals surface area contributed by atoms with Crippen molar-refractivity contribution in [3.8, 4) is 11.3 Å². The van der Waals surface area contributed by atoms with Crippen molar-refractivity contribution >= 4 is 49.1 Å². The minimum absolute atomic E-state index is 0.00354. The summed E-state index contributed by atoms with van der Waals surface area (Å²) in [6.07, 6.45) is 3.93. The van der Waals surface area contributed by atoms with Gasteiger partial charge in [-0.3, -0.25) is 4.79 Å². The van der Waals surface area contributed by atoms with Crippen LogP contribution in [0.1, 0.15) is 13.8 Å². The summed E-state index contributed by atoms with van der Waals surface area (Å²) in [4.78, 5) is 16.5. The number of carbonyl (C=O) groups excluding carboxylic acids is 1. The zero-order valence-electron chi connectivity index (χ0n) is 12.7. The maximum Gasteiger partial charge on any atom is 0.226 e. The molecule has 0 atom stereocenters. The van der Waals surface area contributed by atoms with Crippen LogP contribution in [0.25, 0.3) is 16.9 Å². The third kappa shape index (κ3) is 3.48. The van der Waals surface area contributed by atoms with Crippen molar-refractivity contribution in [2.45, 2.75) is 13.8 Å². The lowest BCUT2D eigenvalue weighted by Crippen LogP contribution is -2.17. The number of imidazole rings is 1. The highest BCUT2D eigenvalue weighted by atomic mass is 79.9. The van der Waals surface area contributed by atoms with E-state index in [1.165, 1.54) is 0 Å². The quantitative estimate of drug-likeness (QED) is 0.619. The lowest BCUT2D eigenvalue weighted by atomic mass is 10.1. The van der Waals surface area contributed by atoms with Crippen LogP contribution in [0.4, 0.5) is 5.69 Å². The third-order valence-electron chi connectivity index (χ3n) is 3.42. The van der Waals surface area contributed by atoms with E-state index >= 15 is 0 Å². The molecule has 23 heavy (non-hydrogen) atoms. The number of halogens is 2. The van der Waals surface area contributed by atoms with E-state index in [-0.39, 0.29) is 11.8 Å². The second-order valence-corrected chi connectivity index (χ2v) is 7.36. The Labute approximate surface area is 151 Å². The van der Waals surface area contributed by atoms with Crippen molar-refractivity contribution in [2.24, 2.45) is 5.92 Å². The lowest BCUT2D eigenvalue weighted by Gasteiger charge is -2.08. The number of benzene rings is 1. The van der Waals surface area contributed by atoms with Crippen molar-refractivity contribution in [1.82, 2.24) is 9.38 Å². The Kier molecular flexibility index (Phi) is 4.55. The molecule has 0 aliphatic heterocycles. The average molecular weight is 437 g/mol. The third-order valence-corrected chi connectivity index (χ3v) is 4.44. The summed E-state index contributed by atoms with van der Waals surface area (Å²) in [6.45, 7) is 3.74. The molecule has 0 aliphatic rings. The number of aromatic nitrogens is 2. The van der Waals surface area contributed by atoms with Crippen molar-refractivity contribution in [3.63, 3.8) is 0 Å². The number of pyridine rings is 1. The first-order valence-electron chi connectivity index (χ1n) is 7.19. The van der Waals surface area contributed by atoms with Gasteiger partial charge in [-0.1, -0.05) is 26.0 Å². The second kappa shape index (κ2) is 6.45. The van der Waals surface area contributed by atoms with Gasteiger partial charge in [0.2, 0.25) is 5.91 Å². The van der Waals surface area contributed by atoms with Crippen LogP contribution in [-0.4, -0.2) is 15.3 Å². The van der Waals surface area contributed by atoms with Gasteiger partial charge in [-0.15, -0.1) is 0 Å². The van der Waals surface area contributed by atoms with Crippen LogP contribution in [0.3, 0.4) is 0 Å². The molecule has 0 fully saturated rings. The monoisotopic (exact) mass is 435 g/mol. The maximum atomic E-state index is 11.8. The predicted molar refractivity (Wildman–Crippen MR) is 99.5 cm³/mol. The van der Waals surface area contributed by atoms with Crippen LogP contribution in [0.2, 0.25) is 0 Å². The standard InChI is InChI=1S/C17H15Br2N3O/c1-10(2)17(23)20-13-5-3-4-11(6-13)15-9-22-8-12(18)7-14(19)16(22)21-15/h3-10H,1-2H3,(H,20,23). The Morgan fingerprint density at radius 1 is 1.22 bits per heavy atom. The van der Waals surface area contributed by atoms with Crippen LogP contribution < -0.4 is 5.32 Å². The molecular weight excluding hydrogens is 422 g/mol. The van der Waals surface area contributed by atoms with Crippen LogP contribution >= 0.6 is 31.9 Å². The van der Waals surface area contributed by atoms with Crippen molar-refractivity contribution in [1.29, 1.82) is 0 Å². The van der Waals surface area contributed by atoms with E-state index in [2.05, 4.69) is 42.2 Å². The number of nitrogens with one attached hydrogen (secondary N) is 1. The zero-order chi connectivity index (χ0) is 16.6. The Hall–Kier alpha value is -1.66. The first kappa shape index (κ1) is 16.2. The van der Waals surface area contributed by atoms with Gasteiger partial charge in [0, 0.05) is 34.0 Å². The van der Waals surface area contributed by atoms with Crippen molar-refractivity contribution in [2.75, 3.05) is 5.32 Å². The molecule has 118 valence electrons. The Morgan fingerprint density at radius 2 is 2.00 bits per heavy atom. The Bertz CT molecular complexity index is 887. The van der Waals surface area contributed by atoms with E-state index < -0.39 is 0 Å². The molecule has 0 saturated heterocycles. The highest BCUT2D eigenvalue weighted by Crippen LogP contribution is 2.27. The first-order valence-corrected chi connectivity index (χ1v) is 8.77. The van der Waals surface area contributed by atoms with Crippen molar-refractivity contribution in [3.05, 3.63) is 51.7 Å². The number of fused-ring (bicyclic) bond motifs is 1. The summed E-state index contributed by atoms with van der Waals surface area (Å²) in [7, 11) is 0. The van der Waals surface area contributed by atoms with Gasteiger partial charge in [0.15, 0.2) is 5.65 Å². The number of hydrogen-bond acceptors (Lipinski definition) is 2. The molecule has 0 saturated carbocycles. The molecule has 0 unspecified atom stereocenters. The molecular formula is C17H15Br2N3O. The smallest absolute Gasteiger partial charge is 0.226 e.